The minimum Gasteiger partial charge on any atom is -0.496 e. The summed E-state index contributed by atoms with van der Waals surface area (Å²) < 4.78 is 5.02. The number of aliphatic hydroxyl groups is 1. The molecule has 6 nitrogen and oxygen atoms in total. The summed E-state index contributed by atoms with van der Waals surface area (Å²) in [6, 6.07) is 4.77. The van der Waals surface area contributed by atoms with Crippen LogP contribution in [-0.4, -0.2) is 30.3 Å². The van der Waals surface area contributed by atoms with Crippen LogP contribution in [0.5, 0.6) is 5.75 Å². The van der Waals surface area contributed by atoms with E-state index in [-0.39, 0.29) is 17.7 Å². The van der Waals surface area contributed by atoms with Crippen LogP contribution in [0.4, 0.5) is 11.4 Å². The highest BCUT2D eigenvalue weighted by Gasteiger charge is 2.31. The molecule has 1 aliphatic carbocycles. The van der Waals surface area contributed by atoms with Crippen molar-refractivity contribution in [1.29, 1.82) is 0 Å². The first kappa shape index (κ1) is 15.6. The van der Waals surface area contributed by atoms with Crippen LogP contribution in [-0.2, 0) is 0 Å². The fourth-order valence-electron chi connectivity index (χ4n) is 2.91. The Bertz CT molecular complexity index is 498. The predicted molar refractivity (Wildman–Crippen MR) is 80.7 cm³/mol. The fourth-order valence-corrected chi connectivity index (χ4v) is 2.91. The topological polar surface area (TPSA) is 84.6 Å². The number of methoxy groups -OCH3 is 1. The first-order valence-corrected chi connectivity index (χ1v) is 7.27. The molecule has 21 heavy (non-hydrogen) atoms. The second kappa shape index (κ2) is 6.76. The molecule has 2 N–H and O–H groups in total. The van der Waals surface area contributed by atoms with Crippen LogP contribution in [0, 0.1) is 15.5 Å². The largest absolute Gasteiger partial charge is 0.496 e. The van der Waals surface area contributed by atoms with E-state index >= 15 is 0 Å². The van der Waals surface area contributed by atoms with Gasteiger partial charge in [-0.2, -0.15) is 0 Å². The minimum absolute atomic E-state index is 0.00162. The lowest BCUT2D eigenvalue weighted by Crippen LogP contribution is -2.35. The van der Waals surface area contributed by atoms with Gasteiger partial charge in [0, 0.05) is 12.0 Å². The van der Waals surface area contributed by atoms with E-state index in [0.717, 1.165) is 25.7 Å². The monoisotopic (exact) mass is 294 g/mol. The summed E-state index contributed by atoms with van der Waals surface area (Å²) in [6.07, 6.45) is 5.32. The van der Waals surface area contributed by atoms with Crippen LogP contribution >= 0.6 is 0 Å². The van der Waals surface area contributed by atoms with Crippen molar-refractivity contribution in [1.82, 2.24) is 0 Å². The predicted octanol–water partition coefficient (Wildman–Crippen LogP) is 2.96. The Morgan fingerprint density at radius 2 is 2.10 bits per heavy atom. The van der Waals surface area contributed by atoms with Crippen LogP contribution in [0.15, 0.2) is 18.2 Å². The van der Waals surface area contributed by atoms with Gasteiger partial charge in [0.15, 0.2) is 0 Å². The number of hydrogen-bond acceptors (Lipinski definition) is 5. The van der Waals surface area contributed by atoms with E-state index in [1.165, 1.54) is 19.6 Å². The molecule has 1 aromatic carbocycles. The summed E-state index contributed by atoms with van der Waals surface area (Å²) >= 11 is 0. The molecule has 116 valence electrons. The molecular formula is C15H22N2O4. The number of rotatable bonds is 6. The average molecular weight is 294 g/mol. The number of nitro groups is 1. The van der Waals surface area contributed by atoms with Gasteiger partial charge in [0.2, 0.25) is 0 Å². The number of anilines is 1. The summed E-state index contributed by atoms with van der Waals surface area (Å²) in [5.74, 6) is 0.460. The quantitative estimate of drug-likeness (QED) is 0.622. The first-order chi connectivity index (χ1) is 10.1. The zero-order chi connectivity index (χ0) is 15.3. The van der Waals surface area contributed by atoms with Gasteiger partial charge in [0.25, 0.3) is 5.69 Å². The molecule has 1 aromatic rings. The Morgan fingerprint density at radius 3 is 2.67 bits per heavy atom. The lowest BCUT2D eigenvalue weighted by molar-refractivity contribution is -0.384. The Balaban J connectivity index is 2.13. The normalized spacial score (nSPS) is 17.2. The number of nitro benzene ring substituents is 1. The molecule has 1 aliphatic rings. The SMILES string of the molecule is COc1ccc(NCC2(CO)CCCCC2)c([N+](=O)[O-])c1. The molecule has 0 spiro atoms. The van der Waals surface area contributed by atoms with E-state index in [0.29, 0.717) is 18.0 Å². The van der Waals surface area contributed by atoms with Crippen molar-refractivity contribution in [3.8, 4) is 5.75 Å². The second-order valence-electron chi connectivity index (χ2n) is 5.71. The number of nitrogens with zero attached hydrogens (tertiary/aromatic N) is 1. The first-order valence-electron chi connectivity index (χ1n) is 7.27. The van der Waals surface area contributed by atoms with E-state index in [2.05, 4.69) is 5.32 Å². The fraction of sp³-hybridized carbons (Fsp3) is 0.600. The summed E-state index contributed by atoms with van der Waals surface area (Å²) in [5, 5.41) is 24.0. The van der Waals surface area contributed by atoms with Crippen molar-refractivity contribution < 1.29 is 14.8 Å². The van der Waals surface area contributed by atoms with E-state index in [4.69, 9.17) is 4.74 Å². The van der Waals surface area contributed by atoms with E-state index in [9.17, 15) is 15.2 Å². The Kier molecular flexibility index (Phi) is 5.01. The summed E-state index contributed by atoms with van der Waals surface area (Å²) in [7, 11) is 1.48. The van der Waals surface area contributed by atoms with Gasteiger partial charge in [-0.25, -0.2) is 0 Å². The van der Waals surface area contributed by atoms with E-state index < -0.39 is 4.92 Å². The third-order valence-electron chi connectivity index (χ3n) is 4.31. The number of aliphatic hydroxyl groups excluding tert-OH is 1. The standard InChI is InChI=1S/C15H22N2O4/c1-21-12-5-6-13(14(9-12)17(19)20)16-10-15(11-18)7-3-2-4-8-15/h5-6,9,16,18H,2-4,7-8,10-11H2,1H3. The molecule has 0 unspecified atom stereocenters. The molecule has 1 saturated carbocycles. The molecule has 0 aliphatic heterocycles. The van der Waals surface area contributed by atoms with E-state index in [1.54, 1.807) is 12.1 Å². The van der Waals surface area contributed by atoms with Gasteiger partial charge in [-0.05, 0) is 25.0 Å². The Morgan fingerprint density at radius 1 is 1.38 bits per heavy atom. The number of benzene rings is 1. The molecule has 1 fully saturated rings. The van der Waals surface area contributed by atoms with Crippen LogP contribution < -0.4 is 10.1 Å². The third kappa shape index (κ3) is 3.64. The van der Waals surface area contributed by atoms with Gasteiger partial charge >= 0.3 is 0 Å². The van der Waals surface area contributed by atoms with Crippen molar-refractivity contribution in [3.63, 3.8) is 0 Å². The Labute approximate surface area is 124 Å². The van der Waals surface area contributed by atoms with Crippen LogP contribution in [0.25, 0.3) is 0 Å². The maximum Gasteiger partial charge on any atom is 0.296 e. The zero-order valence-corrected chi connectivity index (χ0v) is 12.3. The van der Waals surface area contributed by atoms with Crippen LogP contribution in [0.1, 0.15) is 32.1 Å². The van der Waals surface area contributed by atoms with Gasteiger partial charge < -0.3 is 15.2 Å². The molecular weight excluding hydrogens is 272 g/mol. The minimum atomic E-state index is -0.419. The Hall–Kier alpha value is -1.82. The summed E-state index contributed by atoms with van der Waals surface area (Å²) in [6.45, 7) is 0.667. The smallest absolute Gasteiger partial charge is 0.296 e. The van der Waals surface area contributed by atoms with E-state index in [1.807, 2.05) is 0 Å². The van der Waals surface area contributed by atoms with Crippen molar-refractivity contribution in [2.75, 3.05) is 25.6 Å². The molecule has 0 aromatic heterocycles. The van der Waals surface area contributed by atoms with Gasteiger partial charge in [-0.15, -0.1) is 0 Å². The molecule has 0 saturated heterocycles. The lowest BCUT2D eigenvalue weighted by Gasteiger charge is -2.35. The molecule has 0 atom stereocenters. The summed E-state index contributed by atoms with van der Waals surface area (Å²) in [5.41, 5.74) is 0.309. The molecule has 6 heteroatoms. The van der Waals surface area contributed by atoms with Crippen LogP contribution in [0.3, 0.4) is 0 Å². The van der Waals surface area contributed by atoms with Crippen molar-refractivity contribution in [3.05, 3.63) is 28.3 Å². The maximum absolute atomic E-state index is 11.2. The average Bonchev–Trinajstić information content (AvgIpc) is 2.53. The molecule has 2 rings (SSSR count). The van der Waals surface area contributed by atoms with Gasteiger partial charge in [0.05, 0.1) is 24.7 Å². The molecule has 0 amide bonds. The summed E-state index contributed by atoms with van der Waals surface area (Å²) in [4.78, 5) is 10.7. The lowest BCUT2D eigenvalue weighted by atomic mass is 9.74. The van der Waals surface area contributed by atoms with Crippen molar-refractivity contribution in [2.24, 2.45) is 5.41 Å². The van der Waals surface area contributed by atoms with Gasteiger partial charge in [0.1, 0.15) is 11.4 Å². The maximum atomic E-state index is 11.2. The van der Waals surface area contributed by atoms with Crippen LogP contribution in [0.2, 0.25) is 0 Å². The number of ether oxygens (including phenoxy) is 1. The van der Waals surface area contributed by atoms with Gasteiger partial charge in [-0.3, -0.25) is 10.1 Å². The zero-order valence-electron chi connectivity index (χ0n) is 12.3. The second-order valence-corrected chi connectivity index (χ2v) is 5.71. The third-order valence-corrected chi connectivity index (χ3v) is 4.31. The van der Waals surface area contributed by atoms with Gasteiger partial charge in [-0.1, -0.05) is 19.3 Å². The number of nitrogens with one attached hydrogen (secondary N) is 1. The molecule has 0 heterocycles. The number of hydrogen-bond donors (Lipinski definition) is 2. The molecule has 0 bridgehead atoms. The highest BCUT2D eigenvalue weighted by molar-refractivity contribution is 5.64. The highest BCUT2D eigenvalue weighted by atomic mass is 16.6. The molecule has 0 radical (unpaired) electrons. The highest BCUT2D eigenvalue weighted by Crippen LogP contribution is 2.37. The van der Waals surface area contributed by atoms with Crippen molar-refractivity contribution in [2.45, 2.75) is 32.1 Å². The van der Waals surface area contributed by atoms with Crippen molar-refractivity contribution >= 4 is 11.4 Å².